The molecule has 4 rings (SSSR count). The van der Waals surface area contributed by atoms with Gasteiger partial charge in [0.05, 0.1) is 29.0 Å². The number of carbonyl (C=O) groups is 1. The van der Waals surface area contributed by atoms with Crippen molar-refractivity contribution in [3.63, 3.8) is 0 Å². The number of carboxylic acids is 1. The van der Waals surface area contributed by atoms with Crippen LogP contribution in [0.25, 0.3) is 11.0 Å². The molecule has 0 spiro atoms. The van der Waals surface area contributed by atoms with Gasteiger partial charge in [-0.25, -0.2) is 9.78 Å². The van der Waals surface area contributed by atoms with E-state index in [0.29, 0.717) is 17.6 Å². The Kier molecular flexibility index (Phi) is 2.96. The summed E-state index contributed by atoms with van der Waals surface area (Å²) in [6.45, 7) is 2.39. The van der Waals surface area contributed by atoms with Crippen LogP contribution in [-0.4, -0.2) is 44.7 Å². The average Bonchev–Trinajstić information content (AvgIpc) is 3.09. The summed E-state index contributed by atoms with van der Waals surface area (Å²) in [7, 11) is 0. The lowest BCUT2D eigenvalue weighted by molar-refractivity contribution is 0.0697. The lowest BCUT2D eigenvalue weighted by Gasteiger charge is -2.32. The number of hydrogen-bond donors (Lipinski definition) is 1. The zero-order valence-electron chi connectivity index (χ0n) is 11.9. The van der Waals surface area contributed by atoms with E-state index in [1.54, 1.807) is 12.1 Å². The van der Waals surface area contributed by atoms with Crippen LogP contribution in [0.1, 0.15) is 42.1 Å². The van der Waals surface area contributed by atoms with Gasteiger partial charge in [-0.05, 0) is 44.0 Å². The van der Waals surface area contributed by atoms with E-state index in [0.717, 1.165) is 17.5 Å². The number of imidazole rings is 1. The zero-order chi connectivity index (χ0) is 14.4. The van der Waals surface area contributed by atoms with Crippen LogP contribution in [0.5, 0.6) is 0 Å². The van der Waals surface area contributed by atoms with Crippen LogP contribution in [0, 0.1) is 0 Å². The van der Waals surface area contributed by atoms with Crippen molar-refractivity contribution in [3.05, 3.63) is 30.1 Å². The molecule has 0 saturated carbocycles. The Bertz CT molecular complexity index is 694. The van der Waals surface area contributed by atoms with Gasteiger partial charge in [-0.1, -0.05) is 6.42 Å². The van der Waals surface area contributed by atoms with Gasteiger partial charge in [-0.2, -0.15) is 0 Å². The standard InChI is InChI=1S/C16H19N3O2/c20-16(21)11-4-5-13-12(9-11)17-10-19(13)15-6-8-18-7-2-1-3-14(15)18/h4-5,9-10,14-15H,1-3,6-8H2,(H,20,21). The molecule has 2 fully saturated rings. The molecule has 1 aromatic heterocycles. The van der Waals surface area contributed by atoms with Gasteiger partial charge in [0.25, 0.3) is 0 Å². The summed E-state index contributed by atoms with van der Waals surface area (Å²) < 4.78 is 2.26. The lowest BCUT2D eigenvalue weighted by Crippen LogP contribution is -2.37. The number of piperidine rings is 1. The van der Waals surface area contributed by atoms with Crippen molar-refractivity contribution < 1.29 is 9.90 Å². The highest BCUT2D eigenvalue weighted by atomic mass is 16.4. The van der Waals surface area contributed by atoms with Gasteiger partial charge in [0, 0.05) is 12.6 Å². The second-order valence-corrected chi connectivity index (χ2v) is 6.12. The average molecular weight is 285 g/mol. The van der Waals surface area contributed by atoms with Crippen molar-refractivity contribution in [3.8, 4) is 0 Å². The molecular formula is C16H19N3O2. The van der Waals surface area contributed by atoms with Crippen molar-refractivity contribution in [2.75, 3.05) is 13.1 Å². The number of hydrogen-bond acceptors (Lipinski definition) is 3. The Morgan fingerprint density at radius 3 is 2.95 bits per heavy atom. The second-order valence-electron chi connectivity index (χ2n) is 6.12. The zero-order valence-corrected chi connectivity index (χ0v) is 11.9. The van der Waals surface area contributed by atoms with Gasteiger partial charge in [-0.15, -0.1) is 0 Å². The van der Waals surface area contributed by atoms with E-state index in [1.165, 1.54) is 32.4 Å². The Balaban J connectivity index is 1.72. The summed E-state index contributed by atoms with van der Waals surface area (Å²) in [6, 6.07) is 6.34. The van der Waals surface area contributed by atoms with E-state index < -0.39 is 5.97 Å². The second kappa shape index (κ2) is 4.84. The molecule has 2 atom stereocenters. The van der Waals surface area contributed by atoms with Gasteiger partial charge in [0.2, 0.25) is 0 Å². The fraction of sp³-hybridized carbons (Fsp3) is 0.500. The molecule has 3 heterocycles. The highest BCUT2D eigenvalue weighted by Crippen LogP contribution is 2.36. The first-order valence-corrected chi connectivity index (χ1v) is 7.68. The summed E-state index contributed by atoms with van der Waals surface area (Å²) in [5, 5.41) is 9.08. The first-order chi connectivity index (χ1) is 10.2. The van der Waals surface area contributed by atoms with Crippen LogP contribution in [0.2, 0.25) is 0 Å². The van der Waals surface area contributed by atoms with Gasteiger partial charge in [0.1, 0.15) is 0 Å². The Labute approximate surface area is 123 Å². The molecule has 5 nitrogen and oxygen atoms in total. The number of benzene rings is 1. The van der Waals surface area contributed by atoms with Gasteiger partial charge in [-0.3, -0.25) is 4.90 Å². The third kappa shape index (κ3) is 2.03. The van der Waals surface area contributed by atoms with E-state index in [1.807, 2.05) is 12.4 Å². The van der Waals surface area contributed by atoms with Crippen molar-refractivity contribution in [2.45, 2.75) is 37.8 Å². The minimum atomic E-state index is -0.897. The molecule has 110 valence electrons. The molecule has 2 aliphatic rings. The van der Waals surface area contributed by atoms with E-state index >= 15 is 0 Å². The van der Waals surface area contributed by atoms with Crippen molar-refractivity contribution >= 4 is 17.0 Å². The Morgan fingerprint density at radius 1 is 1.19 bits per heavy atom. The van der Waals surface area contributed by atoms with E-state index in [9.17, 15) is 4.79 Å². The first-order valence-electron chi connectivity index (χ1n) is 7.68. The van der Waals surface area contributed by atoms with Crippen LogP contribution in [0.3, 0.4) is 0 Å². The van der Waals surface area contributed by atoms with E-state index in [4.69, 9.17) is 5.11 Å². The maximum absolute atomic E-state index is 11.1. The van der Waals surface area contributed by atoms with E-state index in [-0.39, 0.29) is 0 Å². The Morgan fingerprint density at radius 2 is 2.10 bits per heavy atom. The topological polar surface area (TPSA) is 58.4 Å². The fourth-order valence-corrected chi connectivity index (χ4v) is 3.97. The first kappa shape index (κ1) is 12.8. The molecule has 2 saturated heterocycles. The maximum atomic E-state index is 11.1. The molecule has 2 unspecified atom stereocenters. The van der Waals surface area contributed by atoms with Crippen molar-refractivity contribution in [2.24, 2.45) is 0 Å². The minimum absolute atomic E-state index is 0.304. The summed E-state index contributed by atoms with van der Waals surface area (Å²) in [5.41, 5.74) is 2.14. The summed E-state index contributed by atoms with van der Waals surface area (Å²) in [4.78, 5) is 18.1. The van der Waals surface area contributed by atoms with E-state index in [2.05, 4.69) is 14.5 Å². The van der Waals surface area contributed by atoms with Gasteiger partial charge in [0.15, 0.2) is 0 Å². The highest BCUT2D eigenvalue weighted by Gasteiger charge is 2.36. The van der Waals surface area contributed by atoms with Gasteiger partial charge < -0.3 is 9.67 Å². The Hall–Kier alpha value is -1.88. The quantitative estimate of drug-likeness (QED) is 0.921. The molecule has 2 aliphatic heterocycles. The highest BCUT2D eigenvalue weighted by molar-refractivity contribution is 5.92. The predicted molar refractivity (Wildman–Crippen MR) is 79.6 cm³/mol. The van der Waals surface area contributed by atoms with Crippen LogP contribution in [0.15, 0.2) is 24.5 Å². The monoisotopic (exact) mass is 285 g/mol. The number of rotatable bonds is 2. The molecule has 1 aromatic carbocycles. The molecule has 1 N–H and O–H groups in total. The molecule has 0 bridgehead atoms. The number of carboxylic acid groups (broad SMARTS) is 1. The van der Waals surface area contributed by atoms with Crippen LogP contribution < -0.4 is 0 Å². The third-order valence-electron chi connectivity index (χ3n) is 5.00. The molecule has 0 amide bonds. The number of fused-ring (bicyclic) bond motifs is 2. The minimum Gasteiger partial charge on any atom is -0.478 e. The largest absolute Gasteiger partial charge is 0.478 e. The molecule has 21 heavy (non-hydrogen) atoms. The van der Waals surface area contributed by atoms with Crippen LogP contribution >= 0.6 is 0 Å². The van der Waals surface area contributed by atoms with Gasteiger partial charge >= 0.3 is 5.97 Å². The van der Waals surface area contributed by atoms with Crippen LogP contribution in [0.4, 0.5) is 0 Å². The SMILES string of the molecule is O=C(O)c1ccc2c(c1)ncn2C1CCN2CCCCC12. The fourth-order valence-electron chi connectivity index (χ4n) is 3.97. The lowest BCUT2D eigenvalue weighted by atomic mass is 9.99. The van der Waals surface area contributed by atoms with Crippen LogP contribution in [-0.2, 0) is 0 Å². The third-order valence-corrected chi connectivity index (χ3v) is 5.00. The smallest absolute Gasteiger partial charge is 0.335 e. The summed E-state index contributed by atoms with van der Waals surface area (Å²) in [6.07, 6.45) is 6.94. The molecular weight excluding hydrogens is 266 g/mol. The molecule has 5 heteroatoms. The number of nitrogens with zero attached hydrogens (tertiary/aromatic N) is 3. The molecule has 2 aromatic rings. The molecule has 0 aliphatic carbocycles. The summed E-state index contributed by atoms with van der Waals surface area (Å²) >= 11 is 0. The summed E-state index contributed by atoms with van der Waals surface area (Å²) in [5.74, 6) is -0.897. The predicted octanol–water partition coefficient (Wildman–Crippen LogP) is 2.53. The number of aromatic nitrogens is 2. The van der Waals surface area contributed by atoms with Crippen molar-refractivity contribution in [1.29, 1.82) is 0 Å². The van der Waals surface area contributed by atoms with Crippen molar-refractivity contribution in [1.82, 2.24) is 14.5 Å². The molecule has 0 radical (unpaired) electrons. The number of aromatic carboxylic acids is 1. The normalized spacial score (nSPS) is 26.1. The maximum Gasteiger partial charge on any atom is 0.335 e.